The van der Waals surface area contributed by atoms with Crippen molar-refractivity contribution in [3.8, 4) is 17.2 Å². The lowest BCUT2D eigenvalue weighted by molar-refractivity contribution is -0.118. The lowest BCUT2D eigenvalue weighted by Crippen LogP contribution is -2.20. The quantitative estimate of drug-likeness (QED) is 0.570. The third-order valence-electron chi connectivity index (χ3n) is 4.18. The van der Waals surface area contributed by atoms with E-state index >= 15 is 0 Å². The van der Waals surface area contributed by atoms with Crippen LogP contribution >= 0.6 is 0 Å². The lowest BCUT2D eigenvalue weighted by atomic mass is 10.3. The van der Waals surface area contributed by atoms with Gasteiger partial charge in [0.15, 0.2) is 18.1 Å². The summed E-state index contributed by atoms with van der Waals surface area (Å²) in [5.41, 5.74) is 1.05. The number of nitrogens with one attached hydrogen (secondary N) is 2. The molecule has 10 nitrogen and oxygen atoms in total. The third kappa shape index (κ3) is 5.01. The second-order valence-corrected chi connectivity index (χ2v) is 8.19. The van der Waals surface area contributed by atoms with E-state index in [4.69, 9.17) is 14.2 Å². The first-order valence-corrected chi connectivity index (χ1v) is 10.6. The van der Waals surface area contributed by atoms with Gasteiger partial charge in [0.25, 0.3) is 15.9 Å². The van der Waals surface area contributed by atoms with Gasteiger partial charge < -0.3 is 19.5 Å². The molecule has 0 aliphatic carbocycles. The summed E-state index contributed by atoms with van der Waals surface area (Å²) in [5, 5.41) is 2.64. The Kier molecular flexibility index (Phi) is 5.58. The number of nitrogens with zero attached hydrogens (tertiary/aromatic N) is 2. The van der Waals surface area contributed by atoms with Gasteiger partial charge in [0.2, 0.25) is 12.7 Å². The van der Waals surface area contributed by atoms with Gasteiger partial charge in [0, 0.05) is 23.6 Å². The van der Waals surface area contributed by atoms with E-state index in [2.05, 4.69) is 20.0 Å². The highest BCUT2D eigenvalue weighted by Crippen LogP contribution is 2.35. The molecule has 1 aromatic heterocycles. The van der Waals surface area contributed by atoms with Crippen LogP contribution in [0.3, 0.4) is 0 Å². The minimum absolute atomic E-state index is 0.00668. The molecule has 1 aliphatic heterocycles. The molecular weight excluding hydrogens is 424 g/mol. The largest absolute Gasteiger partial charge is 0.484 e. The summed E-state index contributed by atoms with van der Waals surface area (Å²) in [6.07, 6.45) is 1.46. The molecule has 160 valence electrons. The number of aromatic nitrogens is 2. The summed E-state index contributed by atoms with van der Waals surface area (Å²) in [6, 6.07) is 12.4. The first-order valence-electron chi connectivity index (χ1n) is 9.14. The van der Waals surface area contributed by atoms with Crippen molar-refractivity contribution in [1.82, 2.24) is 9.97 Å². The Balaban J connectivity index is 1.34. The molecule has 11 heteroatoms. The highest BCUT2D eigenvalue weighted by molar-refractivity contribution is 7.92. The molecule has 0 atom stereocenters. The number of ether oxygens (including phenoxy) is 3. The Labute approximate surface area is 178 Å². The Morgan fingerprint density at radius 2 is 1.87 bits per heavy atom. The molecule has 0 unspecified atom stereocenters. The second-order valence-electron chi connectivity index (χ2n) is 6.50. The van der Waals surface area contributed by atoms with E-state index in [1.54, 1.807) is 31.2 Å². The number of sulfonamides is 1. The van der Waals surface area contributed by atoms with Crippen molar-refractivity contribution in [2.45, 2.75) is 11.8 Å². The van der Waals surface area contributed by atoms with Crippen molar-refractivity contribution in [1.29, 1.82) is 0 Å². The molecule has 2 heterocycles. The molecule has 31 heavy (non-hydrogen) atoms. The Bertz CT molecular complexity index is 1210. The van der Waals surface area contributed by atoms with Gasteiger partial charge in [-0.25, -0.2) is 23.1 Å². The fraction of sp³-hybridized carbons (Fsp3) is 0.150. The number of hydrogen-bond acceptors (Lipinski definition) is 8. The number of carbonyl (C=O) groups excluding carboxylic acids is 1. The average molecular weight is 442 g/mol. The smallest absolute Gasteiger partial charge is 0.264 e. The van der Waals surface area contributed by atoms with Crippen LogP contribution in [0.1, 0.15) is 5.69 Å². The highest BCUT2D eigenvalue weighted by Gasteiger charge is 2.17. The Hall–Kier alpha value is -3.86. The van der Waals surface area contributed by atoms with Gasteiger partial charge in [-0.2, -0.15) is 0 Å². The van der Waals surface area contributed by atoms with E-state index in [0.717, 1.165) is 0 Å². The number of fused-ring (bicyclic) bond motifs is 1. The topological polar surface area (TPSA) is 129 Å². The van der Waals surface area contributed by atoms with E-state index in [0.29, 0.717) is 28.6 Å². The zero-order chi connectivity index (χ0) is 21.8. The lowest BCUT2D eigenvalue weighted by Gasteiger charge is -2.10. The third-order valence-corrected chi connectivity index (χ3v) is 5.53. The molecule has 0 saturated carbocycles. The number of benzene rings is 2. The van der Waals surface area contributed by atoms with Crippen molar-refractivity contribution < 1.29 is 27.4 Å². The van der Waals surface area contributed by atoms with Crippen molar-refractivity contribution in [3.63, 3.8) is 0 Å². The summed E-state index contributed by atoms with van der Waals surface area (Å²) in [5.74, 6) is 1.22. The summed E-state index contributed by atoms with van der Waals surface area (Å²) < 4.78 is 43.2. The minimum atomic E-state index is -3.86. The summed E-state index contributed by atoms with van der Waals surface area (Å²) >= 11 is 0. The molecule has 0 fully saturated rings. The SMILES string of the molecule is Cc1ccnc(NS(=O)(=O)c2ccc(NC(=O)COc3ccc4c(c3)OCO4)cc2)n1. The molecule has 2 N–H and O–H groups in total. The monoisotopic (exact) mass is 442 g/mol. The fourth-order valence-corrected chi connectivity index (χ4v) is 3.66. The Morgan fingerprint density at radius 3 is 2.65 bits per heavy atom. The number of anilines is 2. The van der Waals surface area contributed by atoms with Gasteiger partial charge in [-0.05, 0) is 49.4 Å². The maximum atomic E-state index is 12.5. The minimum Gasteiger partial charge on any atom is -0.484 e. The molecule has 3 aromatic rings. The van der Waals surface area contributed by atoms with Crippen molar-refractivity contribution in [2.75, 3.05) is 23.4 Å². The van der Waals surface area contributed by atoms with E-state index in [1.807, 2.05) is 0 Å². The van der Waals surface area contributed by atoms with Gasteiger partial charge in [0.1, 0.15) is 5.75 Å². The van der Waals surface area contributed by atoms with Crippen LogP contribution in [0, 0.1) is 6.92 Å². The zero-order valence-electron chi connectivity index (χ0n) is 16.4. The number of carbonyl (C=O) groups is 1. The van der Waals surface area contributed by atoms with E-state index in [9.17, 15) is 13.2 Å². The van der Waals surface area contributed by atoms with Crippen LogP contribution in [-0.4, -0.2) is 37.7 Å². The molecule has 2 aromatic carbocycles. The predicted molar refractivity (Wildman–Crippen MR) is 111 cm³/mol. The molecule has 0 bridgehead atoms. The standard InChI is InChI=1S/C20H18N4O6S/c1-13-8-9-21-20(22-13)24-31(26,27)16-5-2-14(3-6-16)23-19(25)11-28-15-4-7-17-18(10-15)30-12-29-17/h2-10H,11-12H2,1H3,(H,23,25)(H,21,22,24). The molecule has 4 rings (SSSR count). The first kappa shape index (κ1) is 20.4. The summed E-state index contributed by atoms with van der Waals surface area (Å²) in [7, 11) is -3.86. The van der Waals surface area contributed by atoms with Gasteiger partial charge in [-0.1, -0.05) is 0 Å². The second kappa shape index (κ2) is 8.48. The van der Waals surface area contributed by atoms with Crippen LogP contribution in [0.4, 0.5) is 11.6 Å². The molecule has 0 spiro atoms. The molecule has 1 amide bonds. The van der Waals surface area contributed by atoms with Gasteiger partial charge in [-0.3, -0.25) is 4.79 Å². The van der Waals surface area contributed by atoms with Crippen molar-refractivity contribution in [2.24, 2.45) is 0 Å². The molecule has 0 saturated heterocycles. The fourth-order valence-electron chi connectivity index (χ4n) is 2.71. The first-order chi connectivity index (χ1) is 14.9. The van der Waals surface area contributed by atoms with Crippen LogP contribution in [0.15, 0.2) is 59.6 Å². The van der Waals surface area contributed by atoms with Crippen molar-refractivity contribution >= 4 is 27.6 Å². The molecule has 1 aliphatic rings. The molecular formula is C20H18N4O6S. The van der Waals surface area contributed by atoms with Gasteiger partial charge in [-0.15, -0.1) is 0 Å². The number of hydrogen-bond donors (Lipinski definition) is 2. The Morgan fingerprint density at radius 1 is 1.10 bits per heavy atom. The van der Waals surface area contributed by atoms with E-state index in [-0.39, 0.29) is 24.2 Å². The highest BCUT2D eigenvalue weighted by atomic mass is 32.2. The van der Waals surface area contributed by atoms with Gasteiger partial charge in [0.05, 0.1) is 4.90 Å². The van der Waals surface area contributed by atoms with Crippen molar-refractivity contribution in [3.05, 3.63) is 60.4 Å². The van der Waals surface area contributed by atoms with Crippen LogP contribution in [0.25, 0.3) is 0 Å². The summed E-state index contributed by atoms with van der Waals surface area (Å²) in [4.78, 5) is 20.0. The molecule has 0 radical (unpaired) electrons. The van der Waals surface area contributed by atoms with Crippen LogP contribution in [0.5, 0.6) is 17.2 Å². The van der Waals surface area contributed by atoms with Crippen LogP contribution in [0.2, 0.25) is 0 Å². The number of amides is 1. The van der Waals surface area contributed by atoms with E-state index in [1.165, 1.54) is 30.5 Å². The van der Waals surface area contributed by atoms with Gasteiger partial charge >= 0.3 is 0 Å². The zero-order valence-corrected chi connectivity index (χ0v) is 17.2. The maximum Gasteiger partial charge on any atom is 0.264 e. The number of aryl methyl sites for hydroxylation is 1. The normalized spacial score (nSPS) is 12.3. The average Bonchev–Trinajstić information content (AvgIpc) is 3.20. The van der Waals surface area contributed by atoms with Crippen LogP contribution < -0.4 is 24.2 Å². The van der Waals surface area contributed by atoms with E-state index < -0.39 is 15.9 Å². The predicted octanol–water partition coefficient (Wildman–Crippen LogP) is 2.33. The maximum absolute atomic E-state index is 12.5. The summed E-state index contributed by atoms with van der Waals surface area (Å²) in [6.45, 7) is 1.65. The number of rotatable bonds is 7. The van der Waals surface area contributed by atoms with Crippen LogP contribution in [-0.2, 0) is 14.8 Å².